The molecule has 0 saturated heterocycles. The van der Waals surface area contributed by atoms with Crippen LogP contribution in [-0.2, 0) is 27.9 Å². The first-order valence-corrected chi connectivity index (χ1v) is 25.2. The Morgan fingerprint density at radius 3 is 1.34 bits per heavy atom. The average Bonchev–Trinajstić information content (AvgIpc) is 3.18. The Morgan fingerprint density at radius 2 is 0.911 bits per heavy atom. The number of aliphatic hydroxyl groups excluding tert-OH is 1. The summed E-state index contributed by atoms with van der Waals surface area (Å²) in [6, 6.07) is 0. The van der Waals surface area contributed by atoms with Crippen LogP contribution in [0.4, 0.5) is 0 Å². The lowest BCUT2D eigenvalue weighted by Crippen LogP contribution is -2.27. The van der Waals surface area contributed by atoms with Crippen LogP contribution in [-0.4, -0.2) is 54.3 Å². The van der Waals surface area contributed by atoms with E-state index < -0.39 is 26.5 Å². The summed E-state index contributed by atoms with van der Waals surface area (Å²) in [5.74, 6) is -0.510. The molecule has 56 heavy (non-hydrogen) atoms. The van der Waals surface area contributed by atoms with Gasteiger partial charge in [0.15, 0.2) is 0 Å². The molecule has 0 radical (unpaired) electrons. The van der Waals surface area contributed by atoms with Gasteiger partial charge in [-0.3, -0.25) is 18.6 Å². The van der Waals surface area contributed by atoms with Crippen molar-refractivity contribution in [3.8, 4) is 0 Å². The van der Waals surface area contributed by atoms with Crippen molar-refractivity contribution in [2.45, 2.75) is 245 Å². The Kier molecular flexibility index (Phi) is 42.4. The first-order chi connectivity index (χ1) is 27.3. The molecule has 2 atom stereocenters. The van der Waals surface area contributed by atoms with E-state index in [1.807, 2.05) is 0 Å². The van der Waals surface area contributed by atoms with Crippen molar-refractivity contribution >= 4 is 19.7 Å². The molecule has 9 nitrogen and oxygen atoms in total. The molecular formula is C46H90NO8P. The molecular weight excluding hydrogens is 725 g/mol. The molecule has 0 aromatic heterocycles. The van der Waals surface area contributed by atoms with Gasteiger partial charge in [-0.05, 0) is 38.5 Å². The predicted molar refractivity (Wildman–Crippen MR) is 234 cm³/mol. The van der Waals surface area contributed by atoms with Crippen molar-refractivity contribution in [3.05, 3.63) is 12.2 Å². The summed E-state index contributed by atoms with van der Waals surface area (Å²) in [6.45, 7) is 3.59. The number of allylic oxidation sites excluding steroid dienone is 2. The molecule has 0 aliphatic heterocycles. The monoisotopic (exact) mass is 816 g/mol. The maximum absolute atomic E-state index is 12.1. The quantitative estimate of drug-likeness (QED) is 0.0240. The molecule has 0 saturated carbocycles. The van der Waals surface area contributed by atoms with Crippen LogP contribution in [0.1, 0.15) is 239 Å². The second-order valence-corrected chi connectivity index (χ2v) is 17.5. The Hall–Kier alpha value is -1.25. The predicted octanol–water partition coefficient (Wildman–Crippen LogP) is 13.4. The zero-order valence-corrected chi connectivity index (χ0v) is 37.5. The van der Waals surface area contributed by atoms with E-state index in [1.165, 1.54) is 173 Å². The summed E-state index contributed by atoms with van der Waals surface area (Å²) in [6.07, 6.45) is 45.7. The normalized spacial score (nSPS) is 13.3. The maximum Gasteiger partial charge on any atom is 0.472 e. The largest absolute Gasteiger partial charge is 0.472 e. The second kappa shape index (κ2) is 43.3. The Labute approximate surface area is 345 Å². The molecule has 0 fully saturated rings. The smallest absolute Gasteiger partial charge is 0.463 e. The fraction of sp³-hybridized carbons (Fsp3) is 0.913. The molecule has 0 rings (SSSR count). The van der Waals surface area contributed by atoms with Crippen LogP contribution in [0, 0.1) is 0 Å². The molecule has 10 heteroatoms. The SMILES string of the molecule is CCCCCCCC/C=C\CCCCCCCCCC(=O)NCCOP(=O)(O)OCC(O)COC(=O)CCCCCCCCCCCCCCCCCCCC. The van der Waals surface area contributed by atoms with Crippen molar-refractivity contribution in [3.63, 3.8) is 0 Å². The third-order valence-corrected chi connectivity index (χ3v) is 11.4. The highest BCUT2D eigenvalue weighted by molar-refractivity contribution is 7.47. The lowest BCUT2D eigenvalue weighted by Gasteiger charge is -2.15. The highest BCUT2D eigenvalue weighted by atomic mass is 31.2. The standard InChI is InChI=1S/C46H90NO8P/c1-3-5-7-9-11-13-15-17-19-21-23-25-27-29-31-33-35-37-39-46(50)53-42-44(48)43-55-56(51,52)54-41-40-47-45(49)38-36-34-32-30-28-26-24-22-20-18-16-14-12-10-8-6-4-2/h18,20,44,48H,3-17,19,21-43H2,1-2H3,(H,47,49)(H,51,52)/b20-18-. The van der Waals surface area contributed by atoms with E-state index in [2.05, 4.69) is 31.3 Å². The lowest BCUT2D eigenvalue weighted by atomic mass is 10.0. The van der Waals surface area contributed by atoms with Gasteiger partial charge in [0.2, 0.25) is 5.91 Å². The van der Waals surface area contributed by atoms with Gasteiger partial charge < -0.3 is 20.1 Å². The minimum Gasteiger partial charge on any atom is -0.463 e. The number of carbonyl (C=O) groups excluding carboxylic acids is 2. The zero-order chi connectivity index (χ0) is 41.1. The number of ether oxygens (including phenoxy) is 1. The molecule has 332 valence electrons. The molecule has 0 aromatic carbocycles. The van der Waals surface area contributed by atoms with Crippen molar-refractivity contribution in [1.82, 2.24) is 5.32 Å². The number of esters is 1. The number of phosphoric ester groups is 1. The molecule has 0 aliphatic carbocycles. The summed E-state index contributed by atoms with van der Waals surface area (Å²) in [4.78, 5) is 34.0. The van der Waals surface area contributed by atoms with E-state index in [-0.39, 0.29) is 32.1 Å². The van der Waals surface area contributed by atoms with Gasteiger partial charge in [0.1, 0.15) is 12.7 Å². The van der Waals surface area contributed by atoms with Gasteiger partial charge in [-0.25, -0.2) is 4.57 Å². The number of carbonyl (C=O) groups is 2. The molecule has 1 amide bonds. The van der Waals surface area contributed by atoms with E-state index >= 15 is 0 Å². The van der Waals surface area contributed by atoms with Crippen LogP contribution in [0.25, 0.3) is 0 Å². The fourth-order valence-electron chi connectivity index (χ4n) is 6.85. The van der Waals surface area contributed by atoms with Crippen molar-refractivity contribution in [1.29, 1.82) is 0 Å². The number of phosphoric acid groups is 1. The number of unbranched alkanes of at least 4 members (excludes halogenated alkanes) is 30. The van der Waals surface area contributed by atoms with E-state index in [9.17, 15) is 24.2 Å². The van der Waals surface area contributed by atoms with E-state index in [1.54, 1.807) is 0 Å². The van der Waals surface area contributed by atoms with Crippen LogP contribution in [0.2, 0.25) is 0 Å². The van der Waals surface area contributed by atoms with Gasteiger partial charge in [0.05, 0.1) is 13.2 Å². The number of hydrogen-bond donors (Lipinski definition) is 3. The molecule has 0 spiro atoms. The van der Waals surface area contributed by atoms with Gasteiger partial charge in [-0.1, -0.05) is 199 Å². The minimum absolute atomic E-state index is 0.0831. The molecule has 0 bridgehead atoms. The van der Waals surface area contributed by atoms with E-state index in [4.69, 9.17) is 13.8 Å². The van der Waals surface area contributed by atoms with Crippen LogP contribution in [0.3, 0.4) is 0 Å². The van der Waals surface area contributed by atoms with Crippen molar-refractivity contribution < 1.29 is 37.9 Å². The van der Waals surface area contributed by atoms with E-state index in [0.717, 1.165) is 38.5 Å². The summed E-state index contributed by atoms with van der Waals surface area (Å²) in [5.41, 5.74) is 0. The minimum atomic E-state index is -4.41. The second-order valence-electron chi connectivity index (χ2n) is 16.1. The highest BCUT2D eigenvalue weighted by Crippen LogP contribution is 2.42. The number of amides is 1. The topological polar surface area (TPSA) is 131 Å². The first kappa shape index (κ1) is 54.8. The molecule has 2 unspecified atom stereocenters. The number of aliphatic hydroxyl groups is 1. The summed E-state index contributed by atoms with van der Waals surface area (Å²) >= 11 is 0. The van der Waals surface area contributed by atoms with Crippen LogP contribution in [0.15, 0.2) is 12.2 Å². The highest BCUT2D eigenvalue weighted by Gasteiger charge is 2.23. The third-order valence-electron chi connectivity index (χ3n) is 10.4. The van der Waals surface area contributed by atoms with Crippen LogP contribution >= 0.6 is 7.82 Å². The van der Waals surface area contributed by atoms with Gasteiger partial charge in [-0.2, -0.15) is 0 Å². The average molecular weight is 816 g/mol. The van der Waals surface area contributed by atoms with E-state index in [0.29, 0.717) is 6.42 Å². The lowest BCUT2D eigenvalue weighted by molar-refractivity contribution is -0.147. The van der Waals surface area contributed by atoms with Crippen LogP contribution < -0.4 is 5.32 Å². The molecule has 0 heterocycles. The summed E-state index contributed by atoms with van der Waals surface area (Å²) < 4.78 is 26.9. The number of rotatable bonds is 45. The zero-order valence-electron chi connectivity index (χ0n) is 36.6. The fourth-order valence-corrected chi connectivity index (χ4v) is 7.60. The summed E-state index contributed by atoms with van der Waals surface area (Å²) in [7, 11) is -4.41. The van der Waals surface area contributed by atoms with Gasteiger partial charge >= 0.3 is 13.8 Å². The Bertz CT molecular complexity index is 933. The van der Waals surface area contributed by atoms with Gasteiger partial charge in [0, 0.05) is 19.4 Å². The van der Waals surface area contributed by atoms with Gasteiger partial charge in [0.25, 0.3) is 0 Å². The Morgan fingerprint density at radius 1 is 0.536 bits per heavy atom. The Balaban J connectivity index is 3.55. The molecule has 3 N–H and O–H groups in total. The number of nitrogens with one attached hydrogen (secondary N) is 1. The molecule has 0 aromatic rings. The first-order valence-electron chi connectivity index (χ1n) is 23.7. The van der Waals surface area contributed by atoms with Gasteiger partial charge in [-0.15, -0.1) is 0 Å². The number of hydrogen-bond acceptors (Lipinski definition) is 7. The molecule has 0 aliphatic rings. The van der Waals surface area contributed by atoms with Crippen molar-refractivity contribution in [2.75, 3.05) is 26.4 Å². The summed E-state index contributed by atoms with van der Waals surface area (Å²) in [5, 5.41) is 12.7. The maximum atomic E-state index is 12.1. The third kappa shape index (κ3) is 43.9. The van der Waals surface area contributed by atoms with Crippen molar-refractivity contribution in [2.24, 2.45) is 0 Å². The van der Waals surface area contributed by atoms with Crippen LogP contribution in [0.5, 0.6) is 0 Å².